The van der Waals surface area contributed by atoms with Crippen molar-refractivity contribution in [2.24, 2.45) is 0 Å². The van der Waals surface area contributed by atoms with Gasteiger partial charge in [-0.3, -0.25) is 0 Å². The Kier molecular flexibility index (Phi) is 16.6. The van der Waals surface area contributed by atoms with Gasteiger partial charge in [0.1, 0.15) is 0 Å². The zero-order valence-electron chi connectivity index (χ0n) is 16.7. The van der Waals surface area contributed by atoms with E-state index in [1.54, 1.807) is 22.3 Å². The molecule has 3 rings (SSSR count). The number of aliphatic carboxylic acids is 3. The van der Waals surface area contributed by atoms with Crippen molar-refractivity contribution in [3.63, 3.8) is 0 Å². The quantitative estimate of drug-likeness (QED) is 0.335. The van der Waals surface area contributed by atoms with E-state index in [0.717, 1.165) is 18.2 Å². The van der Waals surface area contributed by atoms with Gasteiger partial charge < -0.3 is 15.3 Å². The SMILES string of the molecule is C=CC(=O)O.C=CC(=O)O.C=CC(=O)O.[CH-]1CCCC2=C1CC1=C2CCCC1.[Ti]. The van der Waals surface area contributed by atoms with Gasteiger partial charge in [-0.2, -0.15) is 5.57 Å². The number of carboxylic acids is 3. The van der Waals surface area contributed by atoms with Gasteiger partial charge in [0.2, 0.25) is 0 Å². The van der Waals surface area contributed by atoms with Crippen molar-refractivity contribution in [3.05, 3.63) is 66.7 Å². The van der Waals surface area contributed by atoms with Crippen LogP contribution in [0.3, 0.4) is 0 Å². The molecule has 0 aromatic rings. The molecule has 0 saturated carbocycles. The molecule has 7 heteroatoms. The van der Waals surface area contributed by atoms with Crippen LogP contribution in [0, 0.1) is 6.42 Å². The van der Waals surface area contributed by atoms with Gasteiger partial charge in [0, 0.05) is 39.9 Å². The van der Waals surface area contributed by atoms with Crippen molar-refractivity contribution in [1.29, 1.82) is 0 Å². The Morgan fingerprint density at radius 2 is 1.17 bits per heavy atom. The number of allylic oxidation sites excluding steroid dienone is 4. The first-order valence-electron chi connectivity index (χ1n) is 9.09. The molecule has 29 heavy (non-hydrogen) atoms. The number of rotatable bonds is 3. The number of carbonyl (C=O) groups is 3. The van der Waals surface area contributed by atoms with Gasteiger partial charge in [-0.05, 0) is 25.7 Å². The minimum atomic E-state index is -0.981. The van der Waals surface area contributed by atoms with Crippen molar-refractivity contribution in [2.45, 2.75) is 51.4 Å². The summed E-state index contributed by atoms with van der Waals surface area (Å²) < 4.78 is 0. The molecule has 3 aliphatic rings. The molecule has 0 aromatic carbocycles. The van der Waals surface area contributed by atoms with Crippen LogP contribution < -0.4 is 0 Å². The average Bonchev–Trinajstić information content (AvgIpc) is 3.08. The van der Waals surface area contributed by atoms with Crippen LogP contribution >= 0.6 is 0 Å². The summed E-state index contributed by atoms with van der Waals surface area (Å²) in [6, 6.07) is 0. The molecular formula is C22H29O6Ti-. The predicted octanol–water partition coefficient (Wildman–Crippen LogP) is 4.71. The van der Waals surface area contributed by atoms with Crippen molar-refractivity contribution in [3.8, 4) is 0 Å². The molecule has 3 aliphatic carbocycles. The van der Waals surface area contributed by atoms with Crippen LogP contribution in [0.4, 0.5) is 0 Å². The Morgan fingerprint density at radius 3 is 1.62 bits per heavy atom. The molecule has 0 heterocycles. The molecule has 0 atom stereocenters. The van der Waals surface area contributed by atoms with Crippen molar-refractivity contribution < 1.29 is 51.4 Å². The maximum atomic E-state index is 9.25. The summed E-state index contributed by atoms with van der Waals surface area (Å²) in [6.07, 6.45) is 16.1. The summed E-state index contributed by atoms with van der Waals surface area (Å²) in [5, 5.41) is 22.8. The minimum Gasteiger partial charge on any atom is -0.478 e. The second-order valence-corrected chi connectivity index (χ2v) is 6.19. The third-order valence-electron chi connectivity index (χ3n) is 4.28. The maximum Gasteiger partial charge on any atom is 0.327 e. The van der Waals surface area contributed by atoms with Crippen molar-refractivity contribution >= 4 is 17.9 Å². The van der Waals surface area contributed by atoms with E-state index >= 15 is 0 Å². The summed E-state index contributed by atoms with van der Waals surface area (Å²) in [4.78, 5) is 27.8. The first kappa shape index (κ1) is 28.9. The summed E-state index contributed by atoms with van der Waals surface area (Å²) in [7, 11) is 0. The maximum absolute atomic E-state index is 9.25. The fourth-order valence-corrected chi connectivity index (χ4v) is 3.12. The van der Waals surface area contributed by atoms with Crippen LogP contribution in [0.5, 0.6) is 0 Å². The van der Waals surface area contributed by atoms with E-state index in [1.807, 2.05) is 0 Å². The largest absolute Gasteiger partial charge is 0.478 e. The first-order valence-corrected chi connectivity index (χ1v) is 9.09. The predicted molar refractivity (Wildman–Crippen MR) is 109 cm³/mol. The molecule has 6 nitrogen and oxygen atoms in total. The molecule has 3 N–H and O–H groups in total. The van der Waals surface area contributed by atoms with Crippen LogP contribution in [0.15, 0.2) is 60.3 Å². The minimum absolute atomic E-state index is 0. The number of carboxylic acid groups (broad SMARTS) is 3. The second kappa shape index (κ2) is 16.6. The molecular weight excluding hydrogens is 408 g/mol. The van der Waals surface area contributed by atoms with E-state index in [2.05, 4.69) is 26.2 Å². The number of fused-ring (bicyclic) bond motifs is 1. The van der Waals surface area contributed by atoms with Crippen LogP contribution in [0.1, 0.15) is 51.4 Å². The fraction of sp³-hybridized carbons (Fsp3) is 0.364. The Balaban J connectivity index is 0. The van der Waals surface area contributed by atoms with Gasteiger partial charge in [0.15, 0.2) is 0 Å². The molecule has 0 bridgehead atoms. The van der Waals surface area contributed by atoms with E-state index in [4.69, 9.17) is 15.3 Å². The standard InChI is InChI=1S/C13H17.3C3H4O2.Ti/c1-3-7-12-10(5-1)9-11-6-2-4-8-13(11)12;3*1-2-3(4)5;/h5H,1-4,6-9H2;3*2H,1H2,(H,4,5);/q-1;;;;. The fourth-order valence-electron chi connectivity index (χ4n) is 3.12. The van der Waals surface area contributed by atoms with Gasteiger partial charge >= 0.3 is 17.9 Å². The van der Waals surface area contributed by atoms with E-state index in [9.17, 15) is 14.4 Å². The third kappa shape index (κ3) is 12.7. The van der Waals surface area contributed by atoms with Crippen molar-refractivity contribution in [1.82, 2.24) is 0 Å². The summed E-state index contributed by atoms with van der Waals surface area (Å²) in [5.74, 6) is -2.94. The number of hydrogen-bond acceptors (Lipinski definition) is 3. The zero-order chi connectivity index (χ0) is 21.5. The van der Waals surface area contributed by atoms with Crippen LogP contribution in [-0.2, 0) is 36.1 Å². The second-order valence-electron chi connectivity index (χ2n) is 6.19. The molecule has 0 radical (unpaired) electrons. The van der Waals surface area contributed by atoms with Crippen LogP contribution in [0.25, 0.3) is 0 Å². The van der Waals surface area contributed by atoms with Crippen LogP contribution in [-0.4, -0.2) is 33.2 Å². The van der Waals surface area contributed by atoms with Gasteiger partial charge in [0.25, 0.3) is 0 Å². The Labute approximate surface area is 187 Å². The molecule has 0 aromatic heterocycles. The molecule has 0 unspecified atom stereocenters. The van der Waals surface area contributed by atoms with Gasteiger partial charge in [-0.15, -0.1) is 12.0 Å². The average molecular weight is 437 g/mol. The molecule has 158 valence electrons. The van der Waals surface area contributed by atoms with Gasteiger partial charge in [0.05, 0.1) is 0 Å². The molecule has 0 aliphatic heterocycles. The smallest absolute Gasteiger partial charge is 0.327 e. The topological polar surface area (TPSA) is 112 Å². The van der Waals surface area contributed by atoms with Crippen molar-refractivity contribution in [2.75, 3.05) is 0 Å². The van der Waals surface area contributed by atoms with E-state index in [0.29, 0.717) is 0 Å². The van der Waals surface area contributed by atoms with Gasteiger partial charge in [-0.1, -0.05) is 44.6 Å². The molecule has 0 spiro atoms. The Hall–Kier alpha value is -2.31. The summed E-state index contributed by atoms with van der Waals surface area (Å²) >= 11 is 0. The van der Waals surface area contributed by atoms with E-state index < -0.39 is 17.9 Å². The van der Waals surface area contributed by atoms with Gasteiger partial charge in [-0.25, -0.2) is 26.4 Å². The third-order valence-corrected chi connectivity index (χ3v) is 4.28. The van der Waals surface area contributed by atoms with E-state index in [-0.39, 0.29) is 21.7 Å². The molecule has 0 amide bonds. The van der Waals surface area contributed by atoms with Crippen LogP contribution in [0.2, 0.25) is 0 Å². The number of hydrogen-bond donors (Lipinski definition) is 3. The molecule has 0 saturated heterocycles. The summed E-state index contributed by atoms with van der Waals surface area (Å²) in [5.41, 5.74) is 7.06. The van der Waals surface area contributed by atoms with E-state index in [1.165, 1.54) is 51.4 Å². The molecule has 0 fully saturated rings. The normalized spacial score (nSPS) is 15.4. The Morgan fingerprint density at radius 1 is 0.759 bits per heavy atom. The Bertz CT molecular complexity index is 600. The first-order chi connectivity index (χ1) is 13.3. The zero-order valence-corrected chi connectivity index (χ0v) is 18.2. The summed E-state index contributed by atoms with van der Waals surface area (Å²) in [6.45, 7) is 8.88. The monoisotopic (exact) mass is 437 g/mol.